The second-order valence-corrected chi connectivity index (χ2v) is 3.28. The molecule has 0 aliphatic carbocycles. The molecule has 16 heavy (non-hydrogen) atoms. The molecule has 0 atom stereocenters. The first-order valence-electron chi connectivity index (χ1n) is 4.58. The second kappa shape index (κ2) is 3.69. The van der Waals surface area contributed by atoms with E-state index in [9.17, 15) is 9.59 Å². The molecular weight excluding hydrogens is 210 g/mol. The van der Waals surface area contributed by atoms with Gasteiger partial charge in [-0.3, -0.25) is 4.79 Å². The van der Waals surface area contributed by atoms with Crippen LogP contribution in [0.5, 0.6) is 5.75 Å². The predicted octanol–water partition coefficient (Wildman–Crippen LogP) is 1.30. The Hall–Kier alpha value is -2.30. The third kappa shape index (κ3) is 1.88. The summed E-state index contributed by atoms with van der Waals surface area (Å²) in [4.78, 5) is 21.9. The van der Waals surface area contributed by atoms with Crippen molar-refractivity contribution in [3.05, 3.63) is 34.7 Å². The summed E-state index contributed by atoms with van der Waals surface area (Å²) in [5, 5.41) is 0.674. The summed E-state index contributed by atoms with van der Waals surface area (Å²) in [5.41, 5.74) is 5.19. The number of carbonyl (C=O) groups excluding carboxylic acids is 1. The molecular formula is C11H9NO4. The van der Waals surface area contributed by atoms with Crippen LogP contribution in [0.1, 0.15) is 6.92 Å². The first-order valence-corrected chi connectivity index (χ1v) is 4.58. The summed E-state index contributed by atoms with van der Waals surface area (Å²) in [7, 11) is 0. The molecule has 5 heteroatoms. The van der Waals surface area contributed by atoms with Gasteiger partial charge < -0.3 is 14.9 Å². The van der Waals surface area contributed by atoms with Gasteiger partial charge >= 0.3 is 11.6 Å². The number of ether oxygens (including phenoxy) is 1. The molecule has 82 valence electrons. The Labute approximate surface area is 90.4 Å². The molecule has 0 saturated carbocycles. The van der Waals surface area contributed by atoms with E-state index in [2.05, 4.69) is 0 Å². The molecule has 1 aromatic heterocycles. The average molecular weight is 219 g/mol. The van der Waals surface area contributed by atoms with E-state index in [1.54, 1.807) is 12.1 Å². The topological polar surface area (TPSA) is 82.5 Å². The highest BCUT2D eigenvalue weighted by atomic mass is 16.5. The van der Waals surface area contributed by atoms with Gasteiger partial charge in [0.05, 0.1) is 0 Å². The van der Waals surface area contributed by atoms with Gasteiger partial charge in [0.2, 0.25) is 0 Å². The minimum Gasteiger partial charge on any atom is -0.427 e. The second-order valence-electron chi connectivity index (χ2n) is 3.28. The lowest BCUT2D eigenvalue weighted by Crippen LogP contribution is -2.06. The van der Waals surface area contributed by atoms with Crippen LogP contribution in [-0.4, -0.2) is 5.97 Å². The maximum Gasteiger partial charge on any atom is 0.359 e. The van der Waals surface area contributed by atoms with Crippen molar-refractivity contribution in [1.29, 1.82) is 0 Å². The Balaban J connectivity index is 2.57. The fraction of sp³-hybridized carbons (Fsp3) is 0.0909. The summed E-state index contributed by atoms with van der Waals surface area (Å²) in [6.07, 6.45) is 0. The van der Waals surface area contributed by atoms with Crippen molar-refractivity contribution in [2.24, 2.45) is 0 Å². The number of esters is 1. The Bertz CT molecular complexity index is 615. The fourth-order valence-corrected chi connectivity index (χ4v) is 1.34. The van der Waals surface area contributed by atoms with E-state index >= 15 is 0 Å². The fourth-order valence-electron chi connectivity index (χ4n) is 1.34. The zero-order valence-electron chi connectivity index (χ0n) is 8.52. The lowest BCUT2D eigenvalue weighted by atomic mass is 10.2. The summed E-state index contributed by atoms with van der Waals surface area (Å²) in [6.45, 7) is 1.29. The highest BCUT2D eigenvalue weighted by molar-refractivity contribution is 5.81. The first-order chi connectivity index (χ1) is 7.56. The molecule has 0 radical (unpaired) electrons. The van der Waals surface area contributed by atoms with Crippen LogP contribution in [0.25, 0.3) is 11.0 Å². The smallest absolute Gasteiger partial charge is 0.359 e. The van der Waals surface area contributed by atoms with Gasteiger partial charge in [-0.25, -0.2) is 4.79 Å². The monoisotopic (exact) mass is 219 g/mol. The third-order valence-corrected chi connectivity index (χ3v) is 2.00. The lowest BCUT2D eigenvalue weighted by Gasteiger charge is -2.02. The van der Waals surface area contributed by atoms with Crippen molar-refractivity contribution in [3.8, 4) is 5.75 Å². The first kappa shape index (κ1) is 10.2. The number of anilines is 1. The van der Waals surface area contributed by atoms with Gasteiger partial charge in [0.1, 0.15) is 17.0 Å². The number of benzene rings is 1. The van der Waals surface area contributed by atoms with E-state index in [4.69, 9.17) is 14.9 Å². The quantitative estimate of drug-likeness (QED) is 0.444. The number of rotatable bonds is 1. The normalized spacial score (nSPS) is 10.3. The third-order valence-electron chi connectivity index (χ3n) is 2.00. The van der Waals surface area contributed by atoms with Gasteiger partial charge in [-0.15, -0.1) is 0 Å². The van der Waals surface area contributed by atoms with Crippen molar-refractivity contribution in [1.82, 2.24) is 0 Å². The number of hydrogen-bond donors (Lipinski definition) is 1. The number of nitrogen functional groups attached to an aromatic ring is 1. The largest absolute Gasteiger partial charge is 0.427 e. The van der Waals surface area contributed by atoms with Gasteiger partial charge in [0, 0.05) is 18.4 Å². The minimum absolute atomic E-state index is 0.0488. The molecule has 0 spiro atoms. The highest BCUT2D eigenvalue weighted by Gasteiger charge is 2.04. The molecule has 0 amide bonds. The molecule has 0 aliphatic heterocycles. The summed E-state index contributed by atoms with van der Waals surface area (Å²) in [5.74, 6) is -0.106. The van der Waals surface area contributed by atoms with Crippen LogP contribution in [-0.2, 0) is 4.79 Å². The van der Waals surface area contributed by atoms with Crippen LogP contribution in [0.4, 0.5) is 5.69 Å². The summed E-state index contributed by atoms with van der Waals surface area (Å²) < 4.78 is 9.80. The standard InChI is InChI=1S/C11H9NO4/c1-6(13)15-8-3-2-7-4-9(12)11(14)16-10(7)5-8/h2-5H,12H2,1H3. The van der Waals surface area contributed by atoms with Crippen LogP contribution < -0.4 is 16.1 Å². The van der Waals surface area contributed by atoms with Gasteiger partial charge in [-0.05, 0) is 18.2 Å². The number of nitrogens with two attached hydrogens (primary N) is 1. The Morgan fingerprint density at radius 1 is 1.38 bits per heavy atom. The Morgan fingerprint density at radius 2 is 2.12 bits per heavy atom. The van der Waals surface area contributed by atoms with Gasteiger partial charge in [0.15, 0.2) is 0 Å². The molecule has 1 heterocycles. The molecule has 0 saturated heterocycles. The van der Waals surface area contributed by atoms with Crippen molar-refractivity contribution in [2.75, 3.05) is 5.73 Å². The van der Waals surface area contributed by atoms with E-state index in [-0.39, 0.29) is 5.69 Å². The Kier molecular flexibility index (Phi) is 2.36. The molecule has 2 N–H and O–H groups in total. The number of carbonyl (C=O) groups is 1. The van der Waals surface area contributed by atoms with Gasteiger partial charge in [-0.1, -0.05) is 0 Å². The molecule has 2 rings (SSSR count). The molecule has 0 unspecified atom stereocenters. The maximum absolute atomic E-state index is 11.2. The molecule has 2 aromatic rings. The van der Waals surface area contributed by atoms with E-state index in [0.29, 0.717) is 16.7 Å². The Morgan fingerprint density at radius 3 is 2.81 bits per heavy atom. The molecule has 5 nitrogen and oxygen atoms in total. The van der Waals surface area contributed by atoms with Crippen LogP contribution in [0, 0.1) is 0 Å². The lowest BCUT2D eigenvalue weighted by molar-refractivity contribution is -0.131. The van der Waals surface area contributed by atoms with Crippen LogP contribution in [0.2, 0.25) is 0 Å². The van der Waals surface area contributed by atoms with Crippen LogP contribution in [0.3, 0.4) is 0 Å². The van der Waals surface area contributed by atoms with Gasteiger partial charge in [0.25, 0.3) is 0 Å². The van der Waals surface area contributed by atoms with E-state index < -0.39 is 11.6 Å². The van der Waals surface area contributed by atoms with Crippen molar-refractivity contribution < 1.29 is 13.9 Å². The van der Waals surface area contributed by atoms with E-state index in [1.807, 2.05) is 0 Å². The maximum atomic E-state index is 11.2. The minimum atomic E-state index is -0.604. The van der Waals surface area contributed by atoms with Crippen LogP contribution in [0.15, 0.2) is 33.5 Å². The number of fused-ring (bicyclic) bond motifs is 1. The zero-order valence-corrected chi connectivity index (χ0v) is 8.52. The zero-order chi connectivity index (χ0) is 11.7. The van der Waals surface area contributed by atoms with E-state index in [0.717, 1.165) is 0 Å². The summed E-state index contributed by atoms with van der Waals surface area (Å²) >= 11 is 0. The average Bonchev–Trinajstić information content (AvgIpc) is 2.19. The van der Waals surface area contributed by atoms with Crippen LogP contribution >= 0.6 is 0 Å². The predicted molar refractivity (Wildman–Crippen MR) is 58.2 cm³/mol. The van der Waals surface area contributed by atoms with Crippen molar-refractivity contribution in [2.45, 2.75) is 6.92 Å². The molecule has 0 aliphatic rings. The van der Waals surface area contributed by atoms with Gasteiger partial charge in [-0.2, -0.15) is 0 Å². The van der Waals surface area contributed by atoms with Crippen molar-refractivity contribution in [3.63, 3.8) is 0 Å². The molecule has 0 bridgehead atoms. The van der Waals surface area contributed by atoms with E-state index in [1.165, 1.54) is 19.1 Å². The SMILES string of the molecule is CC(=O)Oc1ccc2cc(N)c(=O)oc2c1. The molecule has 0 fully saturated rings. The van der Waals surface area contributed by atoms with Crippen molar-refractivity contribution >= 4 is 22.6 Å². The molecule has 1 aromatic carbocycles. The highest BCUT2D eigenvalue weighted by Crippen LogP contribution is 2.20. The summed E-state index contributed by atoms with van der Waals surface area (Å²) in [6, 6.07) is 6.24. The number of hydrogen-bond acceptors (Lipinski definition) is 5.